The van der Waals surface area contributed by atoms with Gasteiger partial charge in [-0.15, -0.1) is 0 Å². The molecule has 1 aromatic carbocycles. The molecule has 0 aliphatic heterocycles. The quantitative estimate of drug-likeness (QED) is 0.750. The van der Waals surface area contributed by atoms with Gasteiger partial charge in [-0.3, -0.25) is 14.8 Å². The predicted octanol–water partition coefficient (Wildman–Crippen LogP) is 3.21. The SMILES string of the molecule is N#Cc1cccc(NC(=O)c2cc(NCc3cccnc3)ccn2)c1. The van der Waals surface area contributed by atoms with E-state index in [0.717, 1.165) is 11.3 Å². The third kappa shape index (κ3) is 4.39. The second kappa shape index (κ2) is 7.70. The molecule has 122 valence electrons. The summed E-state index contributed by atoms with van der Waals surface area (Å²) in [7, 11) is 0. The van der Waals surface area contributed by atoms with Gasteiger partial charge in [0.1, 0.15) is 5.69 Å². The molecule has 6 heteroatoms. The molecule has 2 aromatic heterocycles. The normalized spacial score (nSPS) is 9.88. The highest BCUT2D eigenvalue weighted by Crippen LogP contribution is 2.14. The van der Waals surface area contributed by atoms with Crippen LogP contribution in [0, 0.1) is 11.3 Å². The van der Waals surface area contributed by atoms with E-state index in [9.17, 15) is 4.79 Å². The molecule has 0 saturated heterocycles. The van der Waals surface area contributed by atoms with Crippen molar-refractivity contribution in [1.82, 2.24) is 9.97 Å². The molecule has 2 N–H and O–H groups in total. The Balaban J connectivity index is 1.68. The van der Waals surface area contributed by atoms with Crippen molar-refractivity contribution in [2.75, 3.05) is 10.6 Å². The summed E-state index contributed by atoms with van der Waals surface area (Å²) in [4.78, 5) is 20.5. The standard InChI is InChI=1S/C19H15N5O/c20-11-14-3-1-5-17(9-14)24-19(25)18-10-16(6-8-22-18)23-13-15-4-2-7-21-12-15/h1-10,12H,13H2,(H,22,23)(H,24,25). The van der Waals surface area contributed by atoms with Crippen molar-refractivity contribution in [2.45, 2.75) is 6.54 Å². The molecule has 3 aromatic rings. The van der Waals surface area contributed by atoms with Crippen LogP contribution in [0.3, 0.4) is 0 Å². The number of pyridine rings is 2. The lowest BCUT2D eigenvalue weighted by Gasteiger charge is -2.08. The third-order valence-corrected chi connectivity index (χ3v) is 3.46. The third-order valence-electron chi connectivity index (χ3n) is 3.46. The van der Waals surface area contributed by atoms with Crippen LogP contribution in [0.2, 0.25) is 0 Å². The maximum absolute atomic E-state index is 12.3. The molecule has 0 bridgehead atoms. The van der Waals surface area contributed by atoms with Gasteiger partial charge < -0.3 is 10.6 Å². The average Bonchev–Trinajstić information content (AvgIpc) is 2.67. The van der Waals surface area contributed by atoms with Crippen molar-refractivity contribution in [3.63, 3.8) is 0 Å². The van der Waals surface area contributed by atoms with E-state index in [0.29, 0.717) is 23.5 Å². The Morgan fingerprint density at radius 3 is 2.80 bits per heavy atom. The highest BCUT2D eigenvalue weighted by molar-refractivity contribution is 6.03. The second-order valence-electron chi connectivity index (χ2n) is 5.29. The van der Waals surface area contributed by atoms with Crippen LogP contribution in [0.15, 0.2) is 67.1 Å². The number of nitriles is 1. The zero-order chi connectivity index (χ0) is 17.5. The fraction of sp³-hybridized carbons (Fsp3) is 0.0526. The number of carbonyl (C=O) groups is 1. The lowest BCUT2D eigenvalue weighted by atomic mass is 10.2. The van der Waals surface area contributed by atoms with Crippen LogP contribution in [0.25, 0.3) is 0 Å². The van der Waals surface area contributed by atoms with E-state index in [1.165, 1.54) is 0 Å². The van der Waals surface area contributed by atoms with Crippen molar-refractivity contribution in [2.24, 2.45) is 0 Å². The van der Waals surface area contributed by atoms with E-state index >= 15 is 0 Å². The van der Waals surface area contributed by atoms with Crippen molar-refractivity contribution in [3.8, 4) is 6.07 Å². The molecule has 0 radical (unpaired) electrons. The fourth-order valence-corrected chi connectivity index (χ4v) is 2.23. The molecular formula is C19H15N5O. The molecular weight excluding hydrogens is 314 g/mol. The molecule has 0 aliphatic rings. The predicted molar refractivity (Wildman–Crippen MR) is 94.9 cm³/mol. The zero-order valence-electron chi connectivity index (χ0n) is 13.3. The van der Waals surface area contributed by atoms with Gasteiger partial charge in [0.05, 0.1) is 11.6 Å². The van der Waals surface area contributed by atoms with Gasteiger partial charge >= 0.3 is 0 Å². The smallest absolute Gasteiger partial charge is 0.274 e. The van der Waals surface area contributed by atoms with Gasteiger partial charge in [-0.05, 0) is 42.0 Å². The van der Waals surface area contributed by atoms with E-state index in [1.807, 2.05) is 18.2 Å². The van der Waals surface area contributed by atoms with Crippen LogP contribution >= 0.6 is 0 Å². The van der Waals surface area contributed by atoms with Gasteiger partial charge in [-0.25, -0.2) is 0 Å². The van der Waals surface area contributed by atoms with Crippen molar-refractivity contribution in [1.29, 1.82) is 5.26 Å². The zero-order valence-corrected chi connectivity index (χ0v) is 13.3. The molecule has 0 fully saturated rings. The Hall–Kier alpha value is -3.72. The Bertz CT molecular complexity index is 918. The Morgan fingerprint density at radius 2 is 2.00 bits per heavy atom. The maximum atomic E-state index is 12.3. The molecule has 0 unspecified atom stereocenters. The van der Waals surface area contributed by atoms with Crippen molar-refractivity contribution in [3.05, 3.63) is 83.9 Å². The summed E-state index contributed by atoms with van der Waals surface area (Å²) in [5, 5.41) is 14.9. The number of amides is 1. The molecule has 3 rings (SSSR count). The highest BCUT2D eigenvalue weighted by atomic mass is 16.1. The molecule has 0 spiro atoms. The minimum Gasteiger partial charge on any atom is -0.381 e. The van der Waals surface area contributed by atoms with E-state index in [1.54, 1.807) is 55.0 Å². The highest BCUT2D eigenvalue weighted by Gasteiger charge is 2.09. The number of carbonyl (C=O) groups excluding carboxylic acids is 1. The van der Waals surface area contributed by atoms with Gasteiger partial charge in [-0.2, -0.15) is 5.26 Å². The number of rotatable bonds is 5. The molecule has 2 heterocycles. The summed E-state index contributed by atoms with van der Waals surface area (Å²) in [6.45, 7) is 0.600. The summed E-state index contributed by atoms with van der Waals surface area (Å²) in [5.74, 6) is -0.333. The molecule has 0 atom stereocenters. The maximum Gasteiger partial charge on any atom is 0.274 e. The number of nitrogens with zero attached hydrogens (tertiary/aromatic N) is 3. The number of benzene rings is 1. The Labute approximate surface area is 145 Å². The minimum atomic E-state index is -0.333. The van der Waals surface area contributed by atoms with Gasteiger partial charge in [0.15, 0.2) is 0 Å². The summed E-state index contributed by atoms with van der Waals surface area (Å²) in [6.07, 6.45) is 5.08. The van der Waals surface area contributed by atoms with Gasteiger partial charge in [0.25, 0.3) is 5.91 Å². The van der Waals surface area contributed by atoms with Gasteiger partial charge in [0.2, 0.25) is 0 Å². The lowest BCUT2D eigenvalue weighted by Crippen LogP contribution is -2.14. The average molecular weight is 329 g/mol. The number of anilines is 2. The van der Waals surface area contributed by atoms with E-state index < -0.39 is 0 Å². The topological polar surface area (TPSA) is 90.7 Å². The lowest BCUT2D eigenvalue weighted by molar-refractivity contribution is 0.102. The molecule has 0 saturated carbocycles. The summed E-state index contributed by atoms with van der Waals surface area (Å²) in [6, 6.07) is 16.1. The van der Waals surface area contributed by atoms with E-state index in [2.05, 4.69) is 20.6 Å². The van der Waals surface area contributed by atoms with Crippen molar-refractivity contribution >= 4 is 17.3 Å². The monoisotopic (exact) mass is 329 g/mol. The first-order chi connectivity index (χ1) is 12.2. The Kier molecular flexibility index (Phi) is 4.98. The van der Waals surface area contributed by atoms with Crippen LogP contribution in [-0.4, -0.2) is 15.9 Å². The van der Waals surface area contributed by atoms with E-state index in [-0.39, 0.29) is 5.91 Å². The minimum absolute atomic E-state index is 0.290. The van der Waals surface area contributed by atoms with Crippen LogP contribution in [0.1, 0.15) is 21.6 Å². The van der Waals surface area contributed by atoms with Gasteiger partial charge in [-0.1, -0.05) is 12.1 Å². The number of aromatic nitrogens is 2. The number of hydrogen-bond acceptors (Lipinski definition) is 5. The first kappa shape index (κ1) is 16.1. The summed E-state index contributed by atoms with van der Waals surface area (Å²) in [5.41, 5.74) is 3.16. The number of hydrogen-bond donors (Lipinski definition) is 2. The van der Waals surface area contributed by atoms with Crippen molar-refractivity contribution < 1.29 is 4.79 Å². The summed E-state index contributed by atoms with van der Waals surface area (Å²) < 4.78 is 0. The van der Waals surface area contributed by atoms with Crippen LogP contribution in [-0.2, 0) is 6.54 Å². The Morgan fingerprint density at radius 1 is 1.08 bits per heavy atom. The molecule has 25 heavy (non-hydrogen) atoms. The molecule has 6 nitrogen and oxygen atoms in total. The molecule has 0 aliphatic carbocycles. The first-order valence-electron chi connectivity index (χ1n) is 7.65. The number of nitrogens with one attached hydrogen (secondary N) is 2. The first-order valence-corrected chi connectivity index (χ1v) is 7.65. The largest absolute Gasteiger partial charge is 0.381 e. The molecule has 1 amide bonds. The van der Waals surface area contributed by atoms with Crippen LogP contribution in [0.4, 0.5) is 11.4 Å². The fourth-order valence-electron chi connectivity index (χ4n) is 2.23. The summed E-state index contributed by atoms with van der Waals surface area (Å²) >= 11 is 0. The van der Waals surface area contributed by atoms with Crippen LogP contribution in [0.5, 0.6) is 0 Å². The van der Waals surface area contributed by atoms with E-state index in [4.69, 9.17) is 5.26 Å². The van der Waals surface area contributed by atoms with Crippen LogP contribution < -0.4 is 10.6 Å². The van der Waals surface area contributed by atoms with Gasteiger partial charge in [0, 0.05) is 36.5 Å². The second-order valence-corrected chi connectivity index (χ2v) is 5.29.